The third kappa shape index (κ3) is 4.83. The Bertz CT molecular complexity index is 922. The number of likely N-dealkylation sites (tertiary alicyclic amines) is 1. The fourth-order valence-corrected chi connectivity index (χ4v) is 7.40. The monoisotopic (exact) mass is 531 g/mol. The van der Waals surface area contributed by atoms with E-state index in [1.807, 2.05) is 27.7 Å². The zero-order chi connectivity index (χ0) is 28.4. The minimum absolute atomic E-state index is 0.0505. The number of amides is 3. The van der Waals surface area contributed by atoms with E-state index in [2.05, 4.69) is 20.1 Å². The van der Waals surface area contributed by atoms with Crippen molar-refractivity contribution in [3.63, 3.8) is 0 Å². The molecule has 0 radical (unpaired) electrons. The van der Waals surface area contributed by atoms with E-state index in [9.17, 15) is 19.5 Å². The van der Waals surface area contributed by atoms with Crippen molar-refractivity contribution >= 4 is 17.7 Å². The Morgan fingerprint density at radius 2 is 1.82 bits per heavy atom. The quantitative estimate of drug-likeness (QED) is 0.347. The lowest BCUT2D eigenvalue weighted by Gasteiger charge is -2.41. The molecular formula is C30H49N3O5. The van der Waals surface area contributed by atoms with E-state index in [4.69, 9.17) is 4.74 Å². The lowest BCUT2D eigenvalue weighted by atomic mass is 9.64. The molecule has 3 heterocycles. The number of carbonyl (C=O) groups is 3. The molecule has 0 saturated carbocycles. The fourth-order valence-electron chi connectivity index (χ4n) is 7.40. The number of hydrogen-bond donors (Lipinski definition) is 1. The number of hydrogen-bond acceptors (Lipinski definition) is 5. The summed E-state index contributed by atoms with van der Waals surface area (Å²) in [5.41, 5.74) is -1.89. The van der Waals surface area contributed by atoms with Gasteiger partial charge in [0.2, 0.25) is 17.7 Å². The minimum Gasteiger partial charge on any atom is -0.394 e. The molecule has 3 fully saturated rings. The van der Waals surface area contributed by atoms with E-state index in [1.54, 1.807) is 33.9 Å². The van der Waals surface area contributed by atoms with Crippen LogP contribution in [0, 0.1) is 17.8 Å². The molecule has 2 bridgehead atoms. The first kappa shape index (κ1) is 30.4. The highest BCUT2D eigenvalue weighted by molar-refractivity contribution is 5.99. The Hall–Kier alpha value is -2.19. The molecule has 8 nitrogen and oxygen atoms in total. The summed E-state index contributed by atoms with van der Waals surface area (Å²) in [4.78, 5) is 47.9. The summed E-state index contributed by atoms with van der Waals surface area (Å²) in [5, 5.41) is 10.5. The molecule has 3 saturated heterocycles. The lowest BCUT2D eigenvalue weighted by molar-refractivity contribution is -0.159. The zero-order valence-electron chi connectivity index (χ0n) is 24.3. The van der Waals surface area contributed by atoms with E-state index in [0.717, 1.165) is 12.8 Å². The summed E-state index contributed by atoms with van der Waals surface area (Å²) in [7, 11) is 1.72. The first-order valence-electron chi connectivity index (χ1n) is 14.4. The number of ether oxygens (including phenoxy) is 1. The van der Waals surface area contributed by atoms with Crippen LogP contribution in [0.4, 0.5) is 0 Å². The van der Waals surface area contributed by atoms with Crippen molar-refractivity contribution in [2.75, 3.05) is 26.7 Å². The first-order valence-corrected chi connectivity index (χ1v) is 14.4. The maximum atomic E-state index is 14.6. The molecule has 38 heavy (non-hydrogen) atoms. The van der Waals surface area contributed by atoms with E-state index in [-0.39, 0.29) is 36.3 Å². The van der Waals surface area contributed by atoms with Crippen LogP contribution in [0.25, 0.3) is 0 Å². The van der Waals surface area contributed by atoms with Crippen LogP contribution in [0.3, 0.4) is 0 Å². The van der Waals surface area contributed by atoms with E-state index in [1.165, 1.54) is 0 Å². The second-order valence-corrected chi connectivity index (χ2v) is 12.0. The zero-order valence-corrected chi connectivity index (χ0v) is 24.3. The van der Waals surface area contributed by atoms with Crippen molar-refractivity contribution in [3.05, 3.63) is 25.3 Å². The predicted octanol–water partition coefficient (Wildman–Crippen LogP) is 3.40. The van der Waals surface area contributed by atoms with Gasteiger partial charge in [-0.1, -0.05) is 46.3 Å². The predicted molar refractivity (Wildman–Crippen MR) is 148 cm³/mol. The van der Waals surface area contributed by atoms with Crippen LogP contribution < -0.4 is 0 Å². The van der Waals surface area contributed by atoms with Crippen molar-refractivity contribution in [2.24, 2.45) is 17.8 Å². The number of rotatable bonds is 14. The van der Waals surface area contributed by atoms with Gasteiger partial charge in [-0.05, 0) is 44.9 Å². The summed E-state index contributed by atoms with van der Waals surface area (Å²) in [6, 6.07) is -1.48. The summed E-state index contributed by atoms with van der Waals surface area (Å²) in [6.45, 7) is 18.3. The molecule has 3 unspecified atom stereocenters. The van der Waals surface area contributed by atoms with Crippen molar-refractivity contribution in [1.29, 1.82) is 0 Å². The van der Waals surface area contributed by atoms with Crippen molar-refractivity contribution in [1.82, 2.24) is 14.7 Å². The summed E-state index contributed by atoms with van der Waals surface area (Å²) < 4.78 is 6.89. The maximum Gasteiger partial charge on any atom is 0.248 e. The molecule has 3 aliphatic rings. The molecule has 0 aromatic heterocycles. The van der Waals surface area contributed by atoms with Crippen LogP contribution in [0.15, 0.2) is 25.3 Å². The second-order valence-electron chi connectivity index (χ2n) is 12.0. The van der Waals surface area contributed by atoms with Crippen LogP contribution in [0.5, 0.6) is 0 Å². The standard InChI is InChI=1S/C30H49N3O5/c1-9-13-21(7)32(17-11-3)28(37)25-30-15-14-29(12-4,38-30)23(26(35)31(8)16-10-2)24(30)27(36)33(25)22(19-34)18-20(5)6/h10-11,20-25,34H,2-3,9,12-19H2,1,4-8H3/t21?,22-,23+,24+,25?,29-,30?/m1/s1. The molecule has 7 atom stereocenters. The molecular weight excluding hydrogens is 482 g/mol. The van der Waals surface area contributed by atoms with Crippen molar-refractivity contribution in [2.45, 2.75) is 102 Å². The van der Waals surface area contributed by atoms with Gasteiger partial charge in [-0.15, -0.1) is 13.2 Å². The van der Waals surface area contributed by atoms with E-state index < -0.39 is 35.1 Å². The smallest absolute Gasteiger partial charge is 0.248 e. The van der Waals surface area contributed by atoms with Crippen LogP contribution in [0.2, 0.25) is 0 Å². The number of fused-ring (bicyclic) bond motifs is 1. The Kier molecular flexibility index (Phi) is 9.51. The van der Waals surface area contributed by atoms with Crippen LogP contribution >= 0.6 is 0 Å². The van der Waals surface area contributed by atoms with Crippen molar-refractivity contribution in [3.8, 4) is 0 Å². The number of likely N-dealkylation sites (N-methyl/N-ethyl adjacent to an activating group) is 1. The molecule has 214 valence electrons. The molecule has 0 aromatic rings. The molecule has 8 heteroatoms. The minimum atomic E-state index is -1.10. The van der Waals surface area contributed by atoms with Gasteiger partial charge in [0.05, 0.1) is 30.1 Å². The molecule has 3 aliphatic heterocycles. The summed E-state index contributed by atoms with van der Waals surface area (Å²) in [5.74, 6) is -1.82. The Labute approximate surface area is 229 Å². The Morgan fingerprint density at radius 1 is 1.16 bits per heavy atom. The third-order valence-corrected chi connectivity index (χ3v) is 9.09. The van der Waals surface area contributed by atoms with E-state index >= 15 is 0 Å². The summed E-state index contributed by atoms with van der Waals surface area (Å²) >= 11 is 0. The van der Waals surface area contributed by atoms with Gasteiger partial charge in [-0.3, -0.25) is 14.4 Å². The average molecular weight is 532 g/mol. The van der Waals surface area contributed by atoms with Gasteiger partial charge in [0.1, 0.15) is 11.6 Å². The topological polar surface area (TPSA) is 90.4 Å². The van der Waals surface area contributed by atoms with Gasteiger partial charge in [0.15, 0.2) is 0 Å². The molecule has 1 N–H and O–H groups in total. The molecule has 0 aromatic carbocycles. The normalized spacial score (nSPS) is 31.3. The van der Waals surface area contributed by atoms with Crippen LogP contribution in [0.1, 0.15) is 73.1 Å². The first-order chi connectivity index (χ1) is 18.0. The highest BCUT2D eigenvalue weighted by atomic mass is 16.5. The maximum absolute atomic E-state index is 14.6. The highest BCUT2D eigenvalue weighted by Crippen LogP contribution is 2.65. The average Bonchev–Trinajstić information content (AvgIpc) is 3.48. The van der Waals surface area contributed by atoms with E-state index in [0.29, 0.717) is 38.8 Å². The molecule has 3 rings (SSSR count). The Morgan fingerprint density at radius 3 is 2.34 bits per heavy atom. The number of nitrogens with zero attached hydrogens (tertiary/aromatic N) is 3. The molecule has 3 amide bonds. The van der Waals surface area contributed by atoms with Crippen molar-refractivity contribution < 1.29 is 24.2 Å². The Balaban J connectivity index is 2.18. The van der Waals surface area contributed by atoms with Gasteiger partial charge in [0, 0.05) is 26.2 Å². The van der Waals surface area contributed by atoms with Crippen LogP contribution in [-0.4, -0.2) is 93.6 Å². The fraction of sp³-hybridized carbons (Fsp3) is 0.767. The van der Waals surface area contributed by atoms with Gasteiger partial charge in [0.25, 0.3) is 0 Å². The second kappa shape index (κ2) is 11.9. The van der Waals surface area contributed by atoms with Gasteiger partial charge in [-0.25, -0.2) is 0 Å². The molecule has 1 spiro atoms. The summed E-state index contributed by atoms with van der Waals surface area (Å²) in [6.07, 6.45) is 7.39. The highest BCUT2D eigenvalue weighted by Gasteiger charge is 2.79. The van der Waals surface area contributed by atoms with Crippen LogP contribution in [-0.2, 0) is 19.1 Å². The lowest BCUT2D eigenvalue weighted by Crippen LogP contribution is -2.60. The number of aliphatic hydroxyl groups is 1. The van der Waals surface area contributed by atoms with Gasteiger partial charge < -0.3 is 24.5 Å². The number of aliphatic hydroxyl groups excluding tert-OH is 1. The molecule has 0 aliphatic carbocycles. The SMILES string of the molecule is C=CCN(C)C(=O)[C@@H]1[C@H]2C(=O)N([C@@H](CO)CC(C)C)C(C(=O)N(CC=C)C(C)CCC)C23CC[C@@]1(CC)O3. The third-order valence-electron chi connectivity index (χ3n) is 9.09. The van der Waals surface area contributed by atoms with Gasteiger partial charge >= 0.3 is 0 Å². The van der Waals surface area contributed by atoms with Gasteiger partial charge in [-0.2, -0.15) is 0 Å². The largest absolute Gasteiger partial charge is 0.394 e. The number of carbonyl (C=O) groups excluding carboxylic acids is 3.